The molecule has 1 nitrogen and oxygen atoms in total. The van der Waals surface area contributed by atoms with Crippen molar-refractivity contribution in [1.29, 1.82) is 0 Å². The second-order valence-corrected chi connectivity index (χ2v) is 6.42. The number of rotatable bonds is 6. The molecular weight excluding hydrogens is 196 g/mol. The highest BCUT2D eigenvalue weighted by Crippen LogP contribution is 2.49. The number of hydrogen-bond acceptors (Lipinski definition) is 1. The predicted octanol–water partition coefficient (Wildman–Crippen LogP) is 4.45. The van der Waals surface area contributed by atoms with Crippen LogP contribution in [0.3, 0.4) is 0 Å². The zero-order valence-electron chi connectivity index (χ0n) is 11.5. The highest BCUT2D eigenvalue weighted by molar-refractivity contribution is 5.49. The first kappa shape index (κ1) is 13.7. The molecule has 0 spiro atoms. The normalized spacial score (nSPS) is 30.2. The highest BCUT2D eigenvalue weighted by atomic mass is 16.1. The molecule has 1 rings (SSSR count). The van der Waals surface area contributed by atoms with Gasteiger partial charge in [-0.05, 0) is 48.9 Å². The van der Waals surface area contributed by atoms with Crippen LogP contribution in [0.5, 0.6) is 0 Å². The lowest BCUT2D eigenvalue weighted by Crippen LogP contribution is -2.23. The third-order valence-electron chi connectivity index (χ3n) is 5.06. The Balaban J connectivity index is 2.30. The quantitative estimate of drug-likeness (QED) is 0.609. The van der Waals surface area contributed by atoms with E-state index < -0.39 is 0 Å². The fraction of sp³-hybridized carbons (Fsp3) is 0.933. The Bertz CT molecular complexity index is 219. The maximum absolute atomic E-state index is 10.3. The highest BCUT2D eigenvalue weighted by Gasteiger charge is 2.39. The fourth-order valence-electron chi connectivity index (χ4n) is 3.10. The maximum atomic E-state index is 10.3. The van der Waals surface area contributed by atoms with Gasteiger partial charge >= 0.3 is 0 Å². The van der Waals surface area contributed by atoms with Gasteiger partial charge in [0.1, 0.15) is 6.29 Å². The zero-order chi connectivity index (χ0) is 12.2. The van der Waals surface area contributed by atoms with Crippen LogP contribution in [0, 0.1) is 23.2 Å². The molecule has 0 amide bonds. The van der Waals surface area contributed by atoms with E-state index in [0.717, 1.165) is 36.9 Å². The molecular formula is C15H28O. The van der Waals surface area contributed by atoms with E-state index in [9.17, 15) is 4.79 Å². The molecule has 0 heterocycles. The molecule has 94 valence electrons. The van der Waals surface area contributed by atoms with E-state index in [1.807, 2.05) is 0 Å². The molecule has 0 aromatic rings. The molecule has 0 aliphatic heterocycles. The standard InChI is InChI=1S/C15H28O/c1-12(6-5-11-16)7-9-14-10-8-13(2)15(14,3)4/h11-14H,5-10H2,1-4H3. The van der Waals surface area contributed by atoms with Crippen molar-refractivity contribution in [3.63, 3.8) is 0 Å². The SMILES string of the molecule is CC(CCC=O)CCC1CCC(C)C1(C)C. The maximum Gasteiger partial charge on any atom is 0.120 e. The fourth-order valence-corrected chi connectivity index (χ4v) is 3.10. The van der Waals surface area contributed by atoms with Gasteiger partial charge in [0.2, 0.25) is 0 Å². The zero-order valence-corrected chi connectivity index (χ0v) is 11.5. The van der Waals surface area contributed by atoms with Crippen LogP contribution in [0.25, 0.3) is 0 Å². The Hall–Kier alpha value is -0.330. The van der Waals surface area contributed by atoms with Crippen LogP contribution >= 0.6 is 0 Å². The lowest BCUT2D eigenvalue weighted by Gasteiger charge is -2.32. The van der Waals surface area contributed by atoms with Crippen LogP contribution in [0.2, 0.25) is 0 Å². The van der Waals surface area contributed by atoms with E-state index in [-0.39, 0.29) is 0 Å². The van der Waals surface area contributed by atoms with Crippen LogP contribution in [0.1, 0.15) is 66.2 Å². The van der Waals surface area contributed by atoms with Crippen molar-refractivity contribution in [2.45, 2.75) is 66.2 Å². The summed E-state index contributed by atoms with van der Waals surface area (Å²) in [5, 5.41) is 0. The minimum atomic E-state index is 0.532. The lowest BCUT2D eigenvalue weighted by atomic mass is 9.74. The van der Waals surface area contributed by atoms with E-state index >= 15 is 0 Å². The molecule has 0 saturated heterocycles. The van der Waals surface area contributed by atoms with Gasteiger partial charge in [0.25, 0.3) is 0 Å². The van der Waals surface area contributed by atoms with Crippen molar-refractivity contribution < 1.29 is 4.79 Å². The van der Waals surface area contributed by atoms with E-state index in [0.29, 0.717) is 5.41 Å². The van der Waals surface area contributed by atoms with Crippen LogP contribution in [-0.2, 0) is 4.79 Å². The third kappa shape index (κ3) is 3.33. The Kier molecular flexibility index (Phi) is 5.01. The summed E-state index contributed by atoms with van der Waals surface area (Å²) < 4.78 is 0. The van der Waals surface area contributed by atoms with Gasteiger partial charge in [0.15, 0.2) is 0 Å². The Morgan fingerprint density at radius 2 is 2.00 bits per heavy atom. The molecule has 1 aliphatic rings. The number of carbonyl (C=O) groups is 1. The van der Waals surface area contributed by atoms with Crippen molar-refractivity contribution in [3.8, 4) is 0 Å². The van der Waals surface area contributed by atoms with E-state index in [1.54, 1.807) is 0 Å². The van der Waals surface area contributed by atoms with Crippen LogP contribution in [0.4, 0.5) is 0 Å². The Morgan fingerprint density at radius 1 is 1.31 bits per heavy atom. The minimum absolute atomic E-state index is 0.532. The van der Waals surface area contributed by atoms with Crippen molar-refractivity contribution in [2.75, 3.05) is 0 Å². The summed E-state index contributed by atoms with van der Waals surface area (Å²) in [7, 11) is 0. The Labute approximate surface area is 101 Å². The second-order valence-electron chi connectivity index (χ2n) is 6.42. The number of hydrogen-bond donors (Lipinski definition) is 0. The third-order valence-corrected chi connectivity index (χ3v) is 5.06. The van der Waals surface area contributed by atoms with Gasteiger partial charge in [0, 0.05) is 6.42 Å². The summed E-state index contributed by atoms with van der Waals surface area (Å²) in [6, 6.07) is 0. The summed E-state index contributed by atoms with van der Waals surface area (Å²) in [6.07, 6.45) is 8.34. The van der Waals surface area contributed by atoms with Crippen molar-refractivity contribution in [3.05, 3.63) is 0 Å². The molecule has 0 aromatic carbocycles. The molecule has 3 atom stereocenters. The first-order valence-electron chi connectivity index (χ1n) is 6.92. The molecule has 1 fully saturated rings. The largest absolute Gasteiger partial charge is 0.303 e. The minimum Gasteiger partial charge on any atom is -0.303 e. The first-order chi connectivity index (χ1) is 7.48. The number of carbonyl (C=O) groups excluding carboxylic acids is 1. The monoisotopic (exact) mass is 224 g/mol. The number of aldehydes is 1. The van der Waals surface area contributed by atoms with Gasteiger partial charge in [-0.2, -0.15) is 0 Å². The van der Waals surface area contributed by atoms with E-state index in [4.69, 9.17) is 0 Å². The average molecular weight is 224 g/mol. The van der Waals surface area contributed by atoms with Crippen molar-refractivity contribution in [1.82, 2.24) is 0 Å². The first-order valence-corrected chi connectivity index (χ1v) is 6.92. The Morgan fingerprint density at radius 3 is 2.50 bits per heavy atom. The van der Waals surface area contributed by atoms with Crippen LogP contribution in [0.15, 0.2) is 0 Å². The lowest BCUT2D eigenvalue weighted by molar-refractivity contribution is -0.108. The summed E-state index contributed by atoms with van der Waals surface area (Å²) in [5.41, 5.74) is 0.532. The predicted molar refractivity (Wildman–Crippen MR) is 69.4 cm³/mol. The van der Waals surface area contributed by atoms with Gasteiger partial charge in [-0.3, -0.25) is 0 Å². The molecule has 3 unspecified atom stereocenters. The molecule has 16 heavy (non-hydrogen) atoms. The molecule has 0 aromatic heterocycles. The summed E-state index contributed by atoms with van der Waals surface area (Å²) in [4.78, 5) is 10.3. The molecule has 1 heteroatoms. The van der Waals surface area contributed by atoms with E-state index in [2.05, 4.69) is 27.7 Å². The van der Waals surface area contributed by atoms with Gasteiger partial charge in [-0.15, -0.1) is 0 Å². The van der Waals surface area contributed by atoms with Crippen molar-refractivity contribution >= 4 is 6.29 Å². The second kappa shape index (κ2) is 5.84. The van der Waals surface area contributed by atoms with E-state index in [1.165, 1.54) is 25.7 Å². The van der Waals surface area contributed by atoms with Gasteiger partial charge in [-0.1, -0.05) is 34.1 Å². The molecule has 0 bridgehead atoms. The smallest absolute Gasteiger partial charge is 0.120 e. The topological polar surface area (TPSA) is 17.1 Å². The van der Waals surface area contributed by atoms with Crippen LogP contribution < -0.4 is 0 Å². The van der Waals surface area contributed by atoms with Crippen molar-refractivity contribution in [2.24, 2.45) is 23.2 Å². The summed E-state index contributed by atoms with van der Waals surface area (Å²) >= 11 is 0. The molecule has 1 aliphatic carbocycles. The molecule has 1 saturated carbocycles. The van der Waals surface area contributed by atoms with Gasteiger partial charge < -0.3 is 4.79 Å². The van der Waals surface area contributed by atoms with Gasteiger partial charge in [-0.25, -0.2) is 0 Å². The molecule has 0 N–H and O–H groups in total. The molecule has 0 radical (unpaired) electrons. The summed E-state index contributed by atoms with van der Waals surface area (Å²) in [6.45, 7) is 9.56. The summed E-state index contributed by atoms with van der Waals surface area (Å²) in [5.74, 6) is 2.50. The van der Waals surface area contributed by atoms with Crippen LogP contribution in [-0.4, -0.2) is 6.29 Å². The van der Waals surface area contributed by atoms with Gasteiger partial charge in [0.05, 0.1) is 0 Å². The average Bonchev–Trinajstić information content (AvgIpc) is 2.49.